The Hall–Kier alpha value is -4.62. The molecule has 1 N–H and O–H groups in total. The van der Waals surface area contributed by atoms with Gasteiger partial charge < -0.3 is 5.32 Å². The van der Waals surface area contributed by atoms with Crippen molar-refractivity contribution in [2.24, 2.45) is 5.41 Å². The van der Waals surface area contributed by atoms with Gasteiger partial charge in [-0.15, -0.1) is 12.6 Å². The second kappa shape index (κ2) is 16.6. The molecule has 0 aliphatic rings. The summed E-state index contributed by atoms with van der Waals surface area (Å²) in [6.07, 6.45) is 6.22. The molecular weight excluding hydrogens is 594 g/mol. The van der Waals surface area contributed by atoms with E-state index < -0.39 is 10.6 Å². The minimum atomic E-state index is -3.11. The lowest BCUT2D eigenvalue weighted by molar-refractivity contribution is -0.117. The Balaban J connectivity index is 0.00000136. The van der Waals surface area contributed by atoms with Crippen LogP contribution in [0.2, 0.25) is 0 Å². The van der Waals surface area contributed by atoms with E-state index in [1.54, 1.807) is 0 Å². The molecule has 0 heterocycles. The molecule has 0 spiro atoms. The van der Waals surface area contributed by atoms with Crippen LogP contribution >= 0.6 is 0 Å². The summed E-state index contributed by atoms with van der Waals surface area (Å²) < 4.78 is 25.3. The summed E-state index contributed by atoms with van der Waals surface area (Å²) in [5, 5.41) is 3.16. The molecule has 46 heavy (non-hydrogen) atoms. The lowest BCUT2D eigenvalue weighted by Crippen LogP contribution is -2.23. The van der Waals surface area contributed by atoms with Crippen LogP contribution in [-0.4, -0.2) is 24.3 Å². The number of benzene rings is 4. The molecule has 0 radical (unpaired) electrons. The topological polar surface area (TPSA) is 97.4 Å². The molecule has 6 nitrogen and oxygen atoms in total. The van der Waals surface area contributed by atoms with E-state index in [9.17, 15) is 9.59 Å². The van der Waals surface area contributed by atoms with Crippen LogP contribution in [0, 0.1) is 19.3 Å². The highest BCUT2D eigenvalue weighted by molar-refractivity contribution is 7.59. The van der Waals surface area contributed by atoms with Gasteiger partial charge in [0.15, 0.2) is 5.78 Å². The quantitative estimate of drug-likeness (QED) is 0.175. The fourth-order valence-electron chi connectivity index (χ4n) is 5.08. The van der Waals surface area contributed by atoms with Crippen molar-refractivity contribution >= 4 is 34.1 Å². The molecule has 240 valence electrons. The Bertz CT molecular complexity index is 1760. The zero-order valence-electron chi connectivity index (χ0n) is 27.5. The van der Waals surface area contributed by atoms with Gasteiger partial charge in [-0.25, -0.2) is 0 Å². The van der Waals surface area contributed by atoms with Crippen molar-refractivity contribution < 1.29 is 22.2 Å². The van der Waals surface area contributed by atoms with Crippen LogP contribution < -0.4 is 5.32 Å². The molecule has 4 aromatic rings. The zero-order valence-corrected chi connectivity index (χ0v) is 28.3. The van der Waals surface area contributed by atoms with Crippen molar-refractivity contribution in [3.05, 3.63) is 130 Å². The first-order valence-corrected chi connectivity index (χ1v) is 16.4. The fraction of sp³-hybridized carbons (Fsp3) is 0.282. The maximum atomic E-state index is 13.8. The second-order valence-electron chi connectivity index (χ2n) is 12.6. The van der Waals surface area contributed by atoms with E-state index in [1.165, 1.54) is 16.7 Å². The van der Waals surface area contributed by atoms with E-state index in [4.69, 9.17) is 12.6 Å². The third kappa shape index (κ3) is 11.4. The van der Waals surface area contributed by atoms with Crippen molar-refractivity contribution in [2.75, 3.05) is 5.32 Å². The third-order valence-corrected chi connectivity index (χ3v) is 7.47. The molecule has 0 aromatic heterocycles. The van der Waals surface area contributed by atoms with Gasteiger partial charge in [0, 0.05) is 17.7 Å². The maximum absolute atomic E-state index is 13.8. The van der Waals surface area contributed by atoms with Crippen LogP contribution in [0.1, 0.15) is 84.6 Å². The number of carbonyl (C=O) groups excluding carboxylic acids is 2. The number of hydrogen-bond donors (Lipinski definition) is 1. The van der Waals surface area contributed by atoms with Gasteiger partial charge in [-0.3, -0.25) is 9.59 Å². The van der Waals surface area contributed by atoms with Gasteiger partial charge in [0.05, 0.1) is 5.92 Å². The summed E-state index contributed by atoms with van der Waals surface area (Å²) in [5.74, 6) is -0.290. The van der Waals surface area contributed by atoms with Gasteiger partial charge in [-0.2, -0.15) is 0 Å². The molecule has 0 saturated heterocycles. The van der Waals surface area contributed by atoms with Gasteiger partial charge >= 0.3 is 10.6 Å². The molecule has 0 aliphatic heterocycles. The molecule has 0 saturated carbocycles. The Labute approximate surface area is 274 Å². The molecule has 4 rings (SSSR count). The van der Waals surface area contributed by atoms with Crippen LogP contribution in [0.5, 0.6) is 0 Å². The van der Waals surface area contributed by atoms with Crippen molar-refractivity contribution in [3.63, 3.8) is 0 Å². The zero-order chi connectivity index (χ0) is 33.9. The molecule has 0 bridgehead atoms. The lowest BCUT2D eigenvalue weighted by atomic mass is 9.89. The fourth-order valence-corrected chi connectivity index (χ4v) is 5.08. The number of nitrogens with one attached hydrogen (secondary N) is 1. The number of anilines is 1. The molecule has 7 heteroatoms. The Morgan fingerprint density at radius 2 is 1.43 bits per heavy atom. The molecule has 0 fully saturated rings. The van der Waals surface area contributed by atoms with Crippen LogP contribution in [0.15, 0.2) is 97.1 Å². The van der Waals surface area contributed by atoms with Crippen LogP contribution in [-0.2, 0) is 21.8 Å². The Morgan fingerprint density at radius 3 is 1.98 bits per heavy atom. The number of Topliss-reactive ketones (excluding diaryl/α,β-unsaturated/α-hetero) is 1. The van der Waals surface area contributed by atoms with Crippen LogP contribution in [0.3, 0.4) is 0 Å². The number of aryl methyl sites for hydroxylation is 2. The smallest absolute Gasteiger partial charge is 0.326 e. The normalized spacial score (nSPS) is 11.8. The van der Waals surface area contributed by atoms with Gasteiger partial charge in [0.2, 0.25) is 5.91 Å². The first-order valence-electron chi connectivity index (χ1n) is 15.4. The summed E-state index contributed by atoms with van der Waals surface area (Å²) in [7, 11) is -3.11. The van der Waals surface area contributed by atoms with Crippen molar-refractivity contribution in [1.29, 1.82) is 0 Å². The summed E-state index contributed by atoms with van der Waals surface area (Å²) in [6.45, 7) is 12.8. The number of allylic oxidation sites excluding steroid dienone is 1. The van der Waals surface area contributed by atoms with E-state index >= 15 is 0 Å². The summed E-state index contributed by atoms with van der Waals surface area (Å²) in [5.41, 5.74) is 9.46. The third-order valence-electron chi connectivity index (χ3n) is 7.47. The predicted molar refractivity (Wildman–Crippen MR) is 187 cm³/mol. The average molecular weight is 638 g/mol. The number of amides is 1. The monoisotopic (exact) mass is 637 g/mol. The molecule has 0 aliphatic carbocycles. The van der Waals surface area contributed by atoms with Crippen molar-refractivity contribution in [3.8, 4) is 11.1 Å². The Kier molecular flexibility index (Phi) is 13.0. The van der Waals surface area contributed by atoms with E-state index in [0.29, 0.717) is 12.8 Å². The molecular formula is C39H43NO5S. The average Bonchev–Trinajstić information content (AvgIpc) is 2.99. The minimum absolute atomic E-state index is 0.0571. The predicted octanol–water partition coefficient (Wildman–Crippen LogP) is 8.97. The van der Waals surface area contributed by atoms with E-state index in [0.717, 1.165) is 39.9 Å². The molecule has 1 amide bonds. The standard InChI is InChI=1S/C39H43NO2.O3S/c1-7-8-37(41)33-16-12-30(13-17-33)26-36(32-14-10-29(11-15-32)23-24-39(4,5)6)38(42)40-34-20-18-31(19-21-34)35-22-9-27(2)25-28(35)3;1-4(2)3/h9-25,36H,7-8,26H2,1-6H3,(H,40,42);/b24-23+;/t36-;/m1./s1. The SMILES string of the molecule is CCCC(=O)c1ccc(C[C@@H](C(=O)Nc2ccc(-c3ccc(C)cc3C)cc2)c2ccc(/C=C/C(C)(C)C)cc2)cc1.O=S(=O)=O. The number of hydrogen-bond acceptors (Lipinski definition) is 5. The maximum Gasteiger partial charge on any atom is 0.425 e. The first-order chi connectivity index (χ1) is 21.8. The molecule has 1 atom stereocenters. The van der Waals surface area contributed by atoms with Crippen molar-refractivity contribution in [1.82, 2.24) is 0 Å². The van der Waals surface area contributed by atoms with Gasteiger partial charge in [-0.1, -0.05) is 124 Å². The van der Waals surface area contributed by atoms with E-state index in [2.05, 4.69) is 107 Å². The number of ketones is 1. The largest absolute Gasteiger partial charge is 0.425 e. The van der Waals surface area contributed by atoms with Crippen LogP contribution in [0.25, 0.3) is 17.2 Å². The van der Waals surface area contributed by atoms with E-state index in [1.807, 2.05) is 43.3 Å². The first kappa shape index (κ1) is 35.9. The van der Waals surface area contributed by atoms with Crippen LogP contribution in [0.4, 0.5) is 5.69 Å². The number of carbonyl (C=O) groups is 2. The second-order valence-corrected chi connectivity index (χ2v) is 13.0. The lowest BCUT2D eigenvalue weighted by Gasteiger charge is -2.19. The van der Waals surface area contributed by atoms with Gasteiger partial charge in [0.25, 0.3) is 0 Å². The highest BCUT2D eigenvalue weighted by atomic mass is 32.2. The van der Waals surface area contributed by atoms with Crippen molar-refractivity contribution in [2.45, 2.75) is 66.7 Å². The van der Waals surface area contributed by atoms with Gasteiger partial charge in [-0.05, 0) is 77.6 Å². The highest BCUT2D eigenvalue weighted by Crippen LogP contribution is 2.28. The van der Waals surface area contributed by atoms with Gasteiger partial charge in [0.1, 0.15) is 0 Å². The highest BCUT2D eigenvalue weighted by Gasteiger charge is 2.22. The summed E-state index contributed by atoms with van der Waals surface area (Å²) >= 11 is 0. The Morgan fingerprint density at radius 1 is 0.826 bits per heavy atom. The number of rotatable bonds is 10. The summed E-state index contributed by atoms with van der Waals surface area (Å²) in [6, 6.07) is 30.5. The van der Waals surface area contributed by atoms with E-state index in [-0.39, 0.29) is 23.0 Å². The molecule has 0 unspecified atom stereocenters. The minimum Gasteiger partial charge on any atom is -0.326 e. The molecule has 4 aromatic carbocycles. The summed E-state index contributed by atoms with van der Waals surface area (Å²) in [4.78, 5) is 26.1.